The molecule has 0 saturated carbocycles. The van der Waals surface area contributed by atoms with Crippen molar-refractivity contribution in [3.63, 3.8) is 0 Å². The quantitative estimate of drug-likeness (QED) is 0.335. The molecular formula is C23H41N5OS. The maximum atomic E-state index is 5.75. The maximum absolute atomic E-state index is 5.75. The highest BCUT2D eigenvalue weighted by atomic mass is 32.1. The summed E-state index contributed by atoms with van der Waals surface area (Å²) >= 11 is 1.84. The Balaban J connectivity index is 1.36. The van der Waals surface area contributed by atoms with E-state index in [2.05, 4.69) is 49.9 Å². The standard InChI is InChI=1S/C23H41N5OS/c1-20-19-28(15-16-29-20)21(22-10-9-17-30-22)18-26-23(24-2)25-11-5-3-6-12-27-13-7-4-8-14-27/h9-10,17,20-21H,3-8,11-16,18-19H2,1-2H3,(H2,24,25,26). The number of ether oxygens (including phenoxy) is 1. The first kappa shape index (κ1) is 23.5. The Kier molecular flexibility index (Phi) is 10.4. The van der Waals surface area contributed by atoms with Crippen molar-refractivity contribution >= 4 is 17.3 Å². The number of aliphatic imine (C=N–C) groups is 1. The van der Waals surface area contributed by atoms with Crippen molar-refractivity contribution in [3.05, 3.63) is 22.4 Å². The Bertz CT molecular complexity index is 603. The van der Waals surface area contributed by atoms with Crippen LogP contribution in [0.3, 0.4) is 0 Å². The minimum atomic E-state index is 0.295. The first-order chi connectivity index (χ1) is 14.8. The fraction of sp³-hybridized carbons (Fsp3) is 0.783. The lowest BCUT2D eigenvalue weighted by Crippen LogP contribution is -2.48. The van der Waals surface area contributed by atoms with Gasteiger partial charge in [-0.3, -0.25) is 9.89 Å². The normalized spacial score (nSPS) is 22.7. The van der Waals surface area contributed by atoms with Crippen molar-refractivity contribution in [2.45, 2.75) is 57.6 Å². The van der Waals surface area contributed by atoms with Crippen LogP contribution in [-0.2, 0) is 4.74 Å². The molecule has 1 aromatic rings. The molecule has 2 unspecified atom stereocenters. The molecule has 0 aliphatic carbocycles. The van der Waals surface area contributed by atoms with Crippen LogP contribution in [0.5, 0.6) is 0 Å². The predicted octanol–water partition coefficient (Wildman–Crippen LogP) is 3.33. The smallest absolute Gasteiger partial charge is 0.191 e. The molecule has 2 N–H and O–H groups in total. The zero-order valence-electron chi connectivity index (χ0n) is 18.9. The molecule has 0 amide bonds. The number of guanidine groups is 1. The second-order valence-electron chi connectivity index (χ2n) is 8.55. The van der Waals surface area contributed by atoms with Crippen LogP contribution in [0.15, 0.2) is 22.5 Å². The van der Waals surface area contributed by atoms with Crippen LogP contribution in [-0.4, -0.2) is 81.3 Å². The highest BCUT2D eigenvalue weighted by molar-refractivity contribution is 7.10. The average molecular weight is 436 g/mol. The lowest BCUT2D eigenvalue weighted by molar-refractivity contribution is -0.0334. The van der Waals surface area contributed by atoms with Gasteiger partial charge in [-0.2, -0.15) is 0 Å². The van der Waals surface area contributed by atoms with Gasteiger partial charge in [-0.15, -0.1) is 11.3 Å². The van der Waals surface area contributed by atoms with E-state index in [0.717, 1.165) is 38.7 Å². The van der Waals surface area contributed by atoms with E-state index >= 15 is 0 Å². The minimum Gasteiger partial charge on any atom is -0.376 e. The summed E-state index contributed by atoms with van der Waals surface area (Å²) in [6.07, 6.45) is 8.28. The maximum Gasteiger partial charge on any atom is 0.191 e. The number of hydrogen-bond acceptors (Lipinski definition) is 5. The number of piperidine rings is 1. The topological polar surface area (TPSA) is 52.1 Å². The molecule has 30 heavy (non-hydrogen) atoms. The molecular weight excluding hydrogens is 394 g/mol. The third-order valence-corrected chi connectivity index (χ3v) is 7.14. The first-order valence-corrected chi connectivity index (χ1v) is 12.7. The van der Waals surface area contributed by atoms with Crippen molar-refractivity contribution in [1.29, 1.82) is 0 Å². The van der Waals surface area contributed by atoms with E-state index in [1.165, 1.54) is 63.0 Å². The highest BCUT2D eigenvalue weighted by Gasteiger charge is 2.26. The van der Waals surface area contributed by atoms with Crippen LogP contribution in [0.2, 0.25) is 0 Å². The van der Waals surface area contributed by atoms with Crippen molar-refractivity contribution in [3.8, 4) is 0 Å². The molecule has 2 aliphatic heterocycles. The molecule has 0 bridgehead atoms. The second-order valence-corrected chi connectivity index (χ2v) is 9.53. The van der Waals surface area contributed by atoms with Crippen LogP contribution in [0.4, 0.5) is 0 Å². The average Bonchev–Trinajstić information content (AvgIpc) is 3.30. The van der Waals surface area contributed by atoms with Crippen LogP contribution in [0, 0.1) is 0 Å². The van der Waals surface area contributed by atoms with Gasteiger partial charge in [0.1, 0.15) is 0 Å². The van der Waals surface area contributed by atoms with Gasteiger partial charge in [0.05, 0.1) is 18.8 Å². The molecule has 2 atom stereocenters. The molecule has 0 spiro atoms. The van der Waals surface area contributed by atoms with E-state index in [1.54, 1.807) is 0 Å². The Morgan fingerprint density at radius 1 is 1.20 bits per heavy atom. The lowest BCUT2D eigenvalue weighted by Gasteiger charge is -2.37. The van der Waals surface area contributed by atoms with Crippen LogP contribution < -0.4 is 10.6 Å². The van der Waals surface area contributed by atoms with Crippen molar-refractivity contribution < 1.29 is 4.74 Å². The summed E-state index contributed by atoms with van der Waals surface area (Å²) in [6.45, 7) is 10.7. The van der Waals surface area contributed by atoms with Crippen LogP contribution >= 0.6 is 11.3 Å². The monoisotopic (exact) mass is 435 g/mol. The molecule has 7 heteroatoms. The predicted molar refractivity (Wildman–Crippen MR) is 128 cm³/mol. The molecule has 0 aromatic carbocycles. The van der Waals surface area contributed by atoms with Gasteiger partial charge in [-0.1, -0.05) is 18.9 Å². The summed E-state index contributed by atoms with van der Waals surface area (Å²) in [5.74, 6) is 0.911. The van der Waals surface area contributed by atoms with E-state index in [1.807, 2.05) is 18.4 Å². The third-order valence-electron chi connectivity index (χ3n) is 6.16. The van der Waals surface area contributed by atoms with E-state index in [0.29, 0.717) is 12.1 Å². The number of unbranched alkanes of at least 4 members (excludes halogenated alkanes) is 2. The van der Waals surface area contributed by atoms with E-state index in [9.17, 15) is 0 Å². The van der Waals surface area contributed by atoms with Gasteiger partial charge in [0.2, 0.25) is 0 Å². The summed E-state index contributed by atoms with van der Waals surface area (Å²) in [4.78, 5) is 11.0. The molecule has 2 saturated heterocycles. The van der Waals surface area contributed by atoms with Crippen molar-refractivity contribution in [2.75, 3.05) is 59.5 Å². The van der Waals surface area contributed by atoms with Gasteiger partial charge in [0.25, 0.3) is 0 Å². The number of likely N-dealkylation sites (tertiary alicyclic amines) is 1. The molecule has 3 heterocycles. The van der Waals surface area contributed by atoms with Gasteiger partial charge in [0, 0.05) is 38.1 Å². The van der Waals surface area contributed by atoms with Gasteiger partial charge < -0.3 is 20.3 Å². The van der Waals surface area contributed by atoms with Crippen LogP contribution in [0.25, 0.3) is 0 Å². The molecule has 1 aromatic heterocycles. The summed E-state index contributed by atoms with van der Waals surface area (Å²) in [5.41, 5.74) is 0. The van der Waals surface area contributed by atoms with Gasteiger partial charge in [-0.25, -0.2) is 0 Å². The van der Waals surface area contributed by atoms with Crippen molar-refractivity contribution in [2.24, 2.45) is 4.99 Å². The summed E-state index contributed by atoms with van der Waals surface area (Å²) in [6, 6.07) is 4.75. The number of morpholine rings is 1. The SMILES string of the molecule is CN=C(NCCCCCN1CCCCC1)NCC(c1cccs1)N1CCOC(C)C1. The van der Waals surface area contributed by atoms with Crippen molar-refractivity contribution in [1.82, 2.24) is 20.4 Å². The zero-order chi connectivity index (χ0) is 21.0. The van der Waals surface area contributed by atoms with Gasteiger partial charge in [-0.05, 0) is 63.7 Å². The molecule has 2 fully saturated rings. The lowest BCUT2D eigenvalue weighted by atomic mass is 10.1. The number of nitrogens with zero attached hydrogens (tertiary/aromatic N) is 3. The van der Waals surface area contributed by atoms with E-state index in [4.69, 9.17) is 4.74 Å². The third kappa shape index (κ3) is 7.84. The Labute approximate surface area is 187 Å². The second kappa shape index (κ2) is 13.3. The number of thiophene rings is 1. The minimum absolute atomic E-state index is 0.295. The summed E-state index contributed by atoms with van der Waals surface area (Å²) < 4.78 is 5.75. The summed E-state index contributed by atoms with van der Waals surface area (Å²) in [7, 11) is 1.86. The molecule has 6 nitrogen and oxygen atoms in total. The Hall–Kier alpha value is -1.15. The fourth-order valence-electron chi connectivity index (χ4n) is 4.46. The molecule has 2 aliphatic rings. The summed E-state index contributed by atoms with van der Waals surface area (Å²) in [5, 5.41) is 9.24. The van der Waals surface area contributed by atoms with Gasteiger partial charge >= 0.3 is 0 Å². The largest absolute Gasteiger partial charge is 0.376 e. The highest BCUT2D eigenvalue weighted by Crippen LogP contribution is 2.26. The number of rotatable bonds is 10. The Morgan fingerprint density at radius 3 is 2.80 bits per heavy atom. The molecule has 3 rings (SSSR count). The number of hydrogen-bond donors (Lipinski definition) is 2. The molecule has 0 radical (unpaired) electrons. The Morgan fingerprint density at radius 2 is 2.07 bits per heavy atom. The fourth-order valence-corrected chi connectivity index (χ4v) is 5.32. The van der Waals surface area contributed by atoms with E-state index in [-0.39, 0.29) is 0 Å². The van der Waals surface area contributed by atoms with Crippen LogP contribution in [0.1, 0.15) is 56.4 Å². The first-order valence-electron chi connectivity index (χ1n) is 11.8. The number of nitrogens with one attached hydrogen (secondary N) is 2. The zero-order valence-corrected chi connectivity index (χ0v) is 19.8. The van der Waals surface area contributed by atoms with E-state index < -0.39 is 0 Å². The molecule has 170 valence electrons. The van der Waals surface area contributed by atoms with Gasteiger partial charge in [0.15, 0.2) is 5.96 Å².